The number of ether oxygens (including phenoxy) is 5. The number of benzene rings is 3. The molecular formula is C73H101IN9O25P. The van der Waals surface area contributed by atoms with Crippen molar-refractivity contribution in [2.75, 3.05) is 91.1 Å². The summed E-state index contributed by atoms with van der Waals surface area (Å²) in [7, 11) is -3.64. The number of nitrogens with zero attached hydrogens (tertiary/aromatic N) is 1. The Labute approximate surface area is 645 Å². The predicted octanol–water partition coefficient (Wildman–Crippen LogP) is 3.52. The average Bonchev–Trinajstić information content (AvgIpc) is 0.804. The molecule has 0 saturated carbocycles. The van der Waals surface area contributed by atoms with E-state index in [1.807, 2.05) is 77.9 Å². The van der Waals surface area contributed by atoms with Gasteiger partial charge in [0.15, 0.2) is 0 Å². The van der Waals surface area contributed by atoms with Gasteiger partial charge in [0.05, 0.1) is 78.8 Å². The number of carboxylic acids is 4. The van der Waals surface area contributed by atoms with Crippen molar-refractivity contribution in [2.45, 2.75) is 172 Å². The van der Waals surface area contributed by atoms with Crippen LogP contribution in [0.25, 0.3) is 0 Å². The predicted molar refractivity (Wildman–Crippen MR) is 401 cm³/mol. The number of fused-ring (bicyclic) bond motifs is 2. The number of carboxylic acid groups (broad SMARTS) is 4. The summed E-state index contributed by atoms with van der Waals surface area (Å²) in [6, 6.07) is 15.8. The number of unbranched alkanes of at least 4 members (excludes halogenated alkanes) is 3. The van der Waals surface area contributed by atoms with Gasteiger partial charge in [0.2, 0.25) is 47.3 Å². The number of carbonyl (C=O) groups is 13. The first-order chi connectivity index (χ1) is 52.2. The van der Waals surface area contributed by atoms with Crippen molar-refractivity contribution in [2.24, 2.45) is 0 Å². The SMILES string of the molecule is COC(=O)C(CCCCNC(=O)CCCc1ccc(I)cc1)NC(=O)C(CCC(=O)NCCCCCC(=O)N[C@@H](CCC(=O)N[C@@H](CCCOP(=O)(O)NC(CCC(=O)O)C(=O)O)C(=O)O)C(=O)O)NC(=O)CCOCCOCCOCCOCCNC(=O)CCC(=O)N1Cc2ccccc2C#Cc2ccccc21. The zero-order valence-electron chi connectivity index (χ0n) is 61.0. The fourth-order valence-electron chi connectivity index (χ4n) is 10.7. The minimum Gasteiger partial charge on any atom is -0.481 e. The highest BCUT2D eigenvalue weighted by atomic mass is 127. The van der Waals surface area contributed by atoms with Crippen LogP contribution in [-0.4, -0.2) is 219 Å². The first kappa shape index (κ1) is 92.4. The maximum Gasteiger partial charge on any atom is 0.403 e. The molecule has 4 rings (SSSR count). The van der Waals surface area contributed by atoms with E-state index in [1.54, 1.807) is 4.90 Å². The molecule has 3 aromatic rings. The van der Waals surface area contributed by atoms with E-state index in [0.717, 1.165) is 39.4 Å². The Kier molecular flexibility index (Phi) is 44.9. The van der Waals surface area contributed by atoms with Crippen LogP contribution in [0.2, 0.25) is 0 Å². The number of aryl methyl sites for hydroxylation is 1. The van der Waals surface area contributed by atoms with Crippen LogP contribution in [0.15, 0.2) is 72.8 Å². The maximum absolute atomic E-state index is 13.9. The Balaban J connectivity index is 1.13. The van der Waals surface area contributed by atoms with Gasteiger partial charge >= 0.3 is 37.6 Å². The third-order valence-corrected chi connectivity index (χ3v) is 18.4. The normalized spacial score (nSPS) is 13.4. The van der Waals surface area contributed by atoms with Crippen molar-refractivity contribution in [3.8, 4) is 11.8 Å². The largest absolute Gasteiger partial charge is 0.481 e. The number of methoxy groups -OCH3 is 1. The van der Waals surface area contributed by atoms with E-state index in [0.29, 0.717) is 57.3 Å². The topological polar surface area (TPSA) is 495 Å². The number of hydrogen-bond acceptors (Lipinski definition) is 20. The third kappa shape index (κ3) is 40.3. The standard InChI is InChI=1S/C73H101IN9O25P/c1-103-73(100)59(17-8-10-38-75-61(84)21-11-13-50-22-26-54(74)27-23-50)81-69(93)55(28-31-62(85)76-37-9-2-3-20-64(87)80-57(71(96)97)29-32-65(88)79-56(70(94)95)18-12-40-108-109(101,102)82-58(72(98)99)30-35-68(91)92)78-66(89)36-41-104-43-45-106-47-48-107-46-44-105-42-39-77-63(86)33-34-67(90)83-49-53-16-5-4-14-51(53)24-25-52-15-6-7-19-60(52)83/h4-7,14-16,19,22-23,26-27,55-59H,2-3,8-13,17-18,20-21,28-49H2,1H3,(H,75,84)(H,76,85)(H,77,86)(H,78,89)(H,79,88)(H,80,87)(H,81,93)(H,91,92)(H,94,95)(H,96,97)(H,98,99)(H2,82,101,102)/t55?,56-,57-,58?,59?/m0/s1. The maximum atomic E-state index is 13.9. The van der Waals surface area contributed by atoms with Crippen molar-refractivity contribution in [1.82, 2.24) is 42.3 Å². The molecule has 0 fully saturated rings. The van der Waals surface area contributed by atoms with Gasteiger partial charge in [-0.25, -0.2) is 24.0 Å². The van der Waals surface area contributed by atoms with Crippen LogP contribution >= 0.6 is 30.3 Å². The Morgan fingerprint density at radius 1 is 0.468 bits per heavy atom. The molecule has 0 bridgehead atoms. The second-order valence-electron chi connectivity index (χ2n) is 25.1. The van der Waals surface area contributed by atoms with E-state index in [-0.39, 0.29) is 148 Å². The van der Waals surface area contributed by atoms with Gasteiger partial charge in [-0.1, -0.05) is 60.7 Å². The van der Waals surface area contributed by atoms with E-state index in [4.69, 9.17) is 33.3 Å². The molecule has 34 nitrogen and oxygen atoms in total. The van der Waals surface area contributed by atoms with Crippen LogP contribution in [0.1, 0.15) is 151 Å². The Hall–Kier alpha value is -8.99. The van der Waals surface area contributed by atoms with Gasteiger partial charge in [-0.2, -0.15) is 0 Å². The van der Waals surface area contributed by atoms with Crippen LogP contribution in [0.3, 0.4) is 0 Å². The molecule has 1 aliphatic heterocycles. The highest BCUT2D eigenvalue weighted by molar-refractivity contribution is 14.1. The molecule has 4 unspecified atom stereocenters. The molecular weight excluding hydrogens is 1560 g/mol. The monoisotopic (exact) mass is 1660 g/mol. The highest BCUT2D eigenvalue weighted by Gasteiger charge is 2.32. The van der Waals surface area contributed by atoms with Crippen molar-refractivity contribution >= 4 is 113 Å². The fourth-order valence-corrected chi connectivity index (χ4v) is 12.1. The molecule has 36 heteroatoms. The van der Waals surface area contributed by atoms with E-state index in [2.05, 4.69) is 71.6 Å². The third-order valence-electron chi connectivity index (χ3n) is 16.5. The highest BCUT2D eigenvalue weighted by Crippen LogP contribution is 2.38. The molecule has 0 radical (unpaired) electrons. The number of carbonyl (C=O) groups excluding carboxylic acids is 9. The summed E-state index contributed by atoms with van der Waals surface area (Å²) in [6.07, 6.45) is 0.220. The molecule has 109 heavy (non-hydrogen) atoms. The molecule has 600 valence electrons. The Morgan fingerprint density at radius 2 is 0.972 bits per heavy atom. The van der Waals surface area contributed by atoms with Gasteiger partial charge in [-0.15, -0.1) is 0 Å². The summed E-state index contributed by atoms with van der Waals surface area (Å²) < 4.78 is 45.5. The lowest BCUT2D eigenvalue weighted by Crippen LogP contribution is -2.52. The molecule has 0 aromatic heterocycles. The van der Waals surface area contributed by atoms with E-state index < -0.39 is 130 Å². The number of anilines is 1. The van der Waals surface area contributed by atoms with Gasteiger partial charge in [-0.3, -0.25) is 52.5 Å². The van der Waals surface area contributed by atoms with Crippen LogP contribution < -0.4 is 47.2 Å². The van der Waals surface area contributed by atoms with Gasteiger partial charge in [0.1, 0.15) is 30.2 Å². The number of nitrogens with one attached hydrogen (secondary N) is 8. The number of para-hydroxylation sites is 1. The summed E-state index contributed by atoms with van der Waals surface area (Å²) in [6.45, 7) is 1.89. The van der Waals surface area contributed by atoms with Crippen LogP contribution in [0.4, 0.5) is 5.69 Å². The van der Waals surface area contributed by atoms with Crippen LogP contribution in [0, 0.1) is 15.4 Å². The van der Waals surface area contributed by atoms with E-state index >= 15 is 0 Å². The minimum atomic E-state index is -4.79. The number of aliphatic carboxylic acids is 4. The molecule has 0 aliphatic carbocycles. The smallest absolute Gasteiger partial charge is 0.403 e. The van der Waals surface area contributed by atoms with Crippen molar-refractivity contribution in [3.63, 3.8) is 0 Å². The quantitative estimate of drug-likeness (QED) is 0.0126. The summed E-state index contributed by atoms with van der Waals surface area (Å²) in [5.41, 5.74) is 4.31. The molecule has 0 saturated heterocycles. The summed E-state index contributed by atoms with van der Waals surface area (Å²) >= 11 is 2.23. The lowest BCUT2D eigenvalue weighted by molar-refractivity contribution is -0.146. The van der Waals surface area contributed by atoms with Crippen LogP contribution in [0.5, 0.6) is 0 Å². The fraction of sp³-hybridized carbons (Fsp3) is 0.548. The van der Waals surface area contributed by atoms with Crippen LogP contribution in [-0.2, 0) is 108 Å². The van der Waals surface area contributed by atoms with Gasteiger partial charge < -0.3 is 91.1 Å². The van der Waals surface area contributed by atoms with Crippen molar-refractivity contribution in [1.29, 1.82) is 0 Å². The number of esters is 1. The Bertz CT molecular complexity index is 3580. The summed E-state index contributed by atoms with van der Waals surface area (Å²) in [5.74, 6) is -4.37. The molecule has 3 aromatic carbocycles. The first-order valence-electron chi connectivity index (χ1n) is 36.0. The second kappa shape index (κ2) is 53.0. The summed E-state index contributed by atoms with van der Waals surface area (Å²) in [5, 5.41) is 57.4. The van der Waals surface area contributed by atoms with Crippen molar-refractivity contribution < 1.29 is 120 Å². The molecule has 1 heterocycles. The lowest BCUT2D eigenvalue weighted by Gasteiger charge is -2.26. The first-order valence-corrected chi connectivity index (χ1v) is 38.7. The van der Waals surface area contributed by atoms with Gasteiger partial charge in [0, 0.05) is 85.7 Å². The molecule has 6 atom stereocenters. The molecule has 1 aliphatic rings. The average molecular weight is 1660 g/mol. The van der Waals surface area contributed by atoms with E-state index in [1.165, 1.54) is 0 Å². The second-order valence-corrected chi connectivity index (χ2v) is 27.9. The summed E-state index contributed by atoms with van der Waals surface area (Å²) in [4.78, 5) is 175. The number of amides is 8. The molecule has 0 spiro atoms. The van der Waals surface area contributed by atoms with Gasteiger partial charge in [-0.05, 0) is 141 Å². The zero-order chi connectivity index (χ0) is 79.8. The zero-order valence-corrected chi connectivity index (χ0v) is 64.1. The molecule has 8 amide bonds. The lowest BCUT2D eigenvalue weighted by atomic mass is 10.0. The minimum absolute atomic E-state index is 0.000678. The van der Waals surface area contributed by atoms with E-state index in [9.17, 15) is 87.1 Å². The van der Waals surface area contributed by atoms with Gasteiger partial charge in [0.25, 0.3) is 0 Å². The number of rotatable bonds is 58. The molecule has 13 N–H and O–H groups in total. The number of hydrogen-bond donors (Lipinski definition) is 13. The number of halogens is 1. The van der Waals surface area contributed by atoms with Crippen molar-refractivity contribution in [3.05, 3.63) is 98.6 Å². The Morgan fingerprint density at radius 3 is 1.62 bits per heavy atom.